The average Bonchev–Trinajstić information content (AvgIpc) is 3.34. The number of nitrogens with zero attached hydrogens (tertiary/aromatic N) is 3. The van der Waals surface area contributed by atoms with Crippen molar-refractivity contribution in [1.82, 2.24) is 14.5 Å². The first-order chi connectivity index (χ1) is 17.1. The minimum Gasteiger partial charge on any atom is -0.367 e. The number of rotatable bonds is 6. The number of benzene rings is 3. The summed E-state index contributed by atoms with van der Waals surface area (Å²) in [6.45, 7) is 2.92. The molecule has 3 heterocycles. The number of pyridine rings is 1. The number of para-hydroxylation sites is 2. The summed E-state index contributed by atoms with van der Waals surface area (Å²) in [6.07, 6.45) is 1.82. The normalized spacial score (nSPS) is 14.0. The number of hydrogen-bond acceptors (Lipinski definition) is 4. The van der Waals surface area contributed by atoms with Crippen LogP contribution in [-0.2, 0) is 6.54 Å². The second-order valence-electron chi connectivity index (χ2n) is 8.98. The Balaban J connectivity index is 1.31. The minimum atomic E-state index is -0.235. The molecule has 0 saturated carbocycles. The zero-order valence-electron chi connectivity index (χ0n) is 19.3. The summed E-state index contributed by atoms with van der Waals surface area (Å²) in [5, 5.41) is 5.79. The number of amides is 2. The third-order valence-corrected chi connectivity index (χ3v) is 6.58. The number of fused-ring (bicyclic) bond motifs is 3. The number of nitrogens with one attached hydrogen (secondary N) is 1. The third kappa shape index (κ3) is 3.64. The van der Waals surface area contributed by atoms with E-state index in [1.807, 2.05) is 31.3 Å². The van der Waals surface area contributed by atoms with Gasteiger partial charge in [-0.2, -0.15) is 0 Å². The van der Waals surface area contributed by atoms with E-state index in [0.717, 1.165) is 33.2 Å². The molecular weight excluding hydrogens is 436 g/mol. The van der Waals surface area contributed by atoms with Gasteiger partial charge in [0.25, 0.3) is 11.8 Å². The molecule has 1 aliphatic rings. The first-order valence-corrected chi connectivity index (χ1v) is 11.7. The van der Waals surface area contributed by atoms with E-state index < -0.39 is 0 Å². The van der Waals surface area contributed by atoms with Crippen LogP contribution in [0.3, 0.4) is 0 Å². The van der Waals surface area contributed by atoms with Crippen LogP contribution in [0.5, 0.6) is 0 Å². The largest absolute Gasteiger partial charge is 0.367 e. The number of carbonyl (C=O) groups is 2. The Morgan fingerprint density at radius 1 is 0.829 bits per heavy atom. The predicted octanol–water partition coefficient (Wildman–Crippen LogP) is 5.33. The smallest absolute Gasteiger partial charge is 0.261 e. The van der Waals surface area contributed by atoms with Crippen LogP contribution in [0.15, 0.2) is 91.1 Å². The van der Waals surface area contributed by atoms with Crippen LogP contribution in [0.2, 0.25) is 0 Å². The van der Waals surface area contributed by atoms with Crippen LogP contribution < -0.4 is 5.32 Å². The first kappa shape index (κ1) is 21.1. The highest BCUT2D eigenvalue weighted by molar-refractivity contribution is 6.21. The van der Waals surface area contributed by atoms with Crippen molar-refractivity contribution in [2.24, 2.45) is 0 Å². The lowest BCUT2D eigenvalue weighted by Gasteiger charge is -2.22. The van der Waals surface area contributed by atoms with Gasteiger partial charge in [-0.3, -0.25) is 19.5 Å². The zero-order chi connectivity index (χ0) is 23.9. The van der Waals surface area contributed by atoms with E-state index in [9.17, 15) is 9.59 Å². The quantitative estimate of drug-likeness (QED) is 0.348. The van der Waals surface area contributed by atoms with Gasteiger partial charge in [-0.05, 0) is 42.8 Å². The minimum absolute atomic E-state index is 0.147. The van der Waals surface area contributed by atoms with Gasteiger partial charge in [-0.15, -0.1) is 0 Å². The van der Waals surface area contributed by atoms with Crippen LogP contribution in [0.4, 0.5) is 5.82 Å². The molecule has 1 aliphatic heterocycles. The summed E-state index contributed by atoms with van der Waals surface area (Å²) in [4.78, 5) is 31.6. The fourth-order valence-electron chi connectivity index (χ4n) is 4.94. The number of carbonyl (C=O) groups excluding carboxylic acids is 2. The van der Waals surface area contributed by atoms with Crippen molar-refractivity contribution in [1.29, 1.82) is 0 Å². The fourth-order valence-corrected chi connectivity index (χ4v) is 4.94. The van der Waals surface area contributed by atoms with E-state index in [1.54, 1.807) is 24.3 Å². The van der Waals surface area contributed by atoms with Gasteiger partial charge in [0.2, 0.25) is 0 Å². The van der Waals surface area contributed by atoms with E-state index in [0.29, 0.717) is 17.7 Å². The van der Waals surface area contributed by atoms with Gasteiger partial charge in [-0.25, -0.2) is 0 Å². The molecule has 6 nitrogen and oxygen atoms in total. The van der Waals surface area contributed by atoms with Crippen LogP contribution >= 0.6 is 0 Å². The molecule has 0 fully saturated rings. The Hall–Kier alpha value is -4.45. The van der Waals surface area contributed by atoms with Gasteiger partial charge in [0.1, 0.15) is 5.82 Å². The molecule has 0 aliphatic carbocycles. The third-order valence-electron chi connectivity index (χ3n) is 6.58. The Morgan fingerprint density at radius 2 is 1.51 bits per heavy atom. The lowest BCUT2D eigenvalue weighted by molar-refractivity contribution is 0.0649. The summed E-state index contributed by atoms with van der Waals surface area (Å²) in [6, 6.07) is 27.5. The summed E-state index contributed by atoms with van der Waals surface area (Å²) in [5.41, 5.74) is 4.17. The number of anilines is 1. The summed E-state index contributed by atoms with van der Waals surface area (Å²) in [5.74, 6) is 0.464. The molecule has 0 spiro atoms. The Bertz CT molecular complexity index is 1560. The molecule has 5 aromatic rings. The zero-order valence-corrected chi connectivity index (χ0v) is 19.3. The van der Waals surface area contributed by atoms with E-state index in [2.05, 4.69) is 57.3 Å². The van der Waals surface area contributed by atoms with Crippen LogP contribution in [0, 0.1) is 0 Å². The second kappa shape index (κ2) is 8.40. The molecule has 2 aromatic heterocycles. The molecule has 3 aromatic carbocycles. The predicted molar refractivity (Wildman–Crippen MR) is 138 cm³/mol. The van der Waals surface area contributed by atoms with Crippen LogP contribution in [0.1, 0.15) is 33.2 Å². The first-order valence-electron chi connectivity index (χ1n) is 11.7. The van der Waals surface area contributed by atoms with Gasteiger partial charge in [0.05, 0.1) is 28.7 Å². The highest BCUT2D eigenvalue weighted by Crippen LogP contribution is 2.28. The molecule has 1 N–H and O–H groups in total. The molecule has 0 saturated heterocycles. The molecule has 172 valence electrons. The SMILES string of the molecule is CC(CN1C(=O)c2ccccc2C1=O)Nc1cc2ccccc2n1Cc1cccc2cccnc12. The maximum atomic E-state index is 12.8. The van der Waals surface area contributed by atoms with E-state index in [4.69, 9.17) is 0 Å². The molecule has 6 heteroatoms. The van der Waals surface area contributed by atoms with Gasteiger partial charge >= 0.3 is 0 Å². The molecule has 0 bridgehead atoms. The maximum absolute atomic E-state index is 12.8. The number of hydrogen-bond donors (Lipinski definition) is 1. The summed E-state index contributed by atoms with van der Waals surface area (Å²) >= 11 is 0. The van der Waals surface area contributed by atoms with Gasteiger partial charge in [0.15, 0.2) is 0 Å². The lowest BCUT2D eigenvalue weighted by atomic mass is 10.1. The molecule has 2 amide bonds. The molecule has 0 radical (unpaired) electrons. The molecule has 6 rings (SSSR count). The van der Waals surface area contributed by atoms with Crippen molar-refractivity contribution in [3.05, 3.63) is 108 Å². The van der Waals surface area contributed by atoms with Crippen molar-refractivity contribution in [3.8, 4) is 0 Å². The van der Waals surface area contributed by atoms with Crippen LogP contribution in [0.25, 0.3) is 21.8 Å². The topological polar surface area (TPSA) is 67.2 Å². The maximum Gasteiger partial charge on any atom is 0.261 e. The highest BCUT2D eigenvalue weighted by Gasteiger charge is 2.35. The standard InChI is InChI=1S/C29H24N4O2/c1-19(17-33-28(34)23-12-3-4-13-24(23)29(33)35)31-26-16-21-8-2-5-14-25(21)32(26)18-22-10-6-9-20-11-7-15-30-27(20)22/h2-16,19,31H,17-18H2,1H3. The summed E-state index contributed by atoms with van der Waals surface area (Å²) < 4.78 is 2.23. The van der Waals surface area contributed by atoms with Crippen molar-refractivity contribution < 1.29 is 9.59 Å². The number of imide groups is 1. The Morgan fingerprint density at radius 3 is 2.31 bits per heavy atom. The number of aromatic nitrogens is 2. The van der Waals surface area contributed by atoms with Crippen molar-refractivity contribution >= 4 is 39.4 Å². The van der Waals surface area contributed by atoms with Crippen LogP contribution in [-0.4, -0.2) is 38.9 Å². The Kier molecular flexibility index (Phi) is 5.07. The van der Waals surface area contributed by atoms with Crippen molar-refractivity contribution in [3.63, 3.8) is 0 Å². The second-order valence-corrected chi connectivity index (χ2v) is 8.98. The molecule has 35 heavy (non-hydrogen) atoms. The van der Waals surface area contributed by atoms with E-state index in [-0.39, 0.29) is 24.4 Å². The molecule has 1 atom stereocenters. The molecular formula is C29H24N4O2. The van der Waals surface area contributed by atoms with Crippen molar-refractivity contribution in [2.45, 2.75) is 19.5 Å². The van der Waals surface area contributed by atoms with E-state index in [1.165, 1.54) is 4.90 Å². The van der Waals surface area contributed by atoms with Gasteiger partial charge in [0, 0.05) is 29.6 Å². The molecule has 1 unspecified atom stereocenters. The lowest BCUT2D eigenvalue weighted by Crippen LogP contribution is -2.39. The fraction of sp³-hybridized carbons (Fsp3) is 0.138. The van der Waals surface area contributed by atoms with E-state index >= 15 is 0 Å². The highest BCUT2D eigenvalue weighted by atomic mass is 16.2. The average molecular weight is 461 g/mol. The Labute approximate surface area is 202 Å². The summed E-state index contributed by atoms with van der Waals surface area (Å²) in [7, 11) is 0. The monoisotopic (exact) mass is 460 g/mol. The van der Waals surface area contributed by atoms with Crippen molar-refractivity contribution in [2.75, 3.05) is 11.9 Å². The van der Waals surface area contributed by atoms with Gasteiger partial charge < -0.3 is 9.88 Å². The van der Waals surface area contributed by atoms with Gasteiger partial charge in [-0.1, -0.05) is 54.6 Å².